The largest absolute Gasteiger partial charge is 0.504 e. The highest BCUT2D eigenvalue weighted by Gasteiger charge is 2.29. The molecule has 0 bridgehead atoms. The molecule has 0 unspecified atom stereocenters. The van der Waals surface area contributed by atoms with E-state index in [0.717, 1.165) is 0 Å². The summed E-state index contributed by atoms with van der Waals surface area (Å²) in [5.41, 5.74) is -2.51. The molecule has 2 rings (SSSR count). The van der Waals surface area contributed by atoms with E-state index in [1.165, 1.54) is 0 Å². The topological polar surface area (TPSA) is 80.9 Å². The molecule has 9 heteroatoms. The maximum Gasteiger partial charge on any atom is 0.204 e. The molecule has 112 valence electrons. The minimum Gasteiger partial charge on any atom is -0.504 e. The van der Waals surface area contributed by atoms with Gasteiger partial charge in [0.05, 0.1) is 5.56 Å². The summed E-state index contributed by atoms with van der Waals surface area (Å²) in [5.74, 6) is -16.5. The first kappa shape index (κ1) is 14.7. The Hall–Kier alpha value is -2.71. The van der Waals surface area contributed by atoms with Crippen LogP contribution in [0.5, 0.6) is 23.0 Å². The lowest BCUT2D eigenvalue weighted by molar-refractivity contribution is 0.350. The first-order chi connectivity index (χ1) is 9.68. The molecule has 21 heavy (non-hydrogen) atoms. The van der Waals surface area contributed by atoms with Crippen molar-refractivity contribution >= 4 is 0 Å². The SMILES string of the molecule is Oc1c(F)cc(-c2c(O)c(F)c(F)c(F)c2F)c(O)c1O. The Kier molecular flexibility index (Phi) is 3.28. The highest BCUT2D eigenvalue weighted by Crippen LogP contribution is 2.48. The quantitative estimate of drug-likeness (QED) is 0.283. The van der Waals surface area contributed by atoms with Crippen molar-refractivity contribution < 1.29 is 42.4 Å². The summed E-state index contributed by atoms with van der Waals surface area (Å²) in [4.78, 5) is 0. The van der Waals surface area contributed by atoms with E-state index in [0.29, 0.717) is 0 Å². The summed E-state index contributed by atoms with van der Waals surface area (Å²) in [5, 5.41) is 37.0. The third kappa shape index (κ3) is 1.97. The number of aromatic hydroxyl groups is 4. The highest BCUT2D eigenvalue weighted by molar-refractivity contribution is 5.80. The fourth-order valence-corrected chi connectivity index (χ4v) is 1.67. The van der Waals surface area contributed by atoms with Crippen LogP contribution >= 0.6 is 0 Å². The molecule has 0 aliphatic rings. The second-order valence-electron chi connectivity index (χ2n) is 3.93. The van der Waals surface area contributed by atoms with Crippen molar-refractivity contribution in [3.05, 3.63) is 35.2 Å². The molecule has 0 spiro atoms. The van der Waals surface area contributed by atoms with E-state index < -0.39 is 63.2 Å². The molecule has 4 nitrogen and oxygen atoms in total. The van der Waals surface area contributed by atoms with Gasteiger partial charge < -0.3 is 20.4 Å². The van der Waals surface area contributed by atoms with Gasteiger partial charge in [0.2, 0.25) is 17.4 Å². The number of halogens is 5. The second kappa shape index (κ2) is 4.69. The van der Waals surface area contributed by atoms with E-state index in [9.17, 15) is 37.3 Å². The van der Waals surface area contributed by atoms with Gasteiger partial charge in [-0.25, -0.2) is 17.6 Å². The van der Waals surface area contributed by atoms with Gasteiger partial charge in [0.1, 0.15) is 0 Å². The molecule has 0 atom stereocenters. The fourth-order valence-electron chi connectivity index (χ4n) is 1.67. The molecule has 2 aromatic rings. The number of hydrogen-bond acceptors (Lipinski definition) is 4. The zero-order valence-electron chi connectivity index (χ0n) is 9.76. The van der Waals surface area contributed by atoms with Gasteiger partial charge in [0, 0.05) is 5.56 Å². The average Bonchev–Trinajstić information content (AvgIpc) is 2.46. The van der Waals surface area contributed by atoms with E-state index in [4.69, 9.17) is 5.11 Å². The monoisotopic (exact) mass is 308 g/mol. The Balaban J connectivity index is 2.93. The first-order valence-electron chi connectivity index (χ1n) is 5.17. The zero-order chi connectivity index (χ0) is 16.1. The lowest BCUT2D eigenvalue weighted by Gasteiger charge is -2.12. The molecule has 4 N–H and O–H groups in total. The Morgan fingerprint density at radius 3 is 1.67 bits per heavy atom. The van der Waals surface area contributed by atoms with Gasteiger partial charge in [-0.1, -0.05) is 0 Å². The second-order valence-corrected chi connectivity index (χ2v) is 3.93. The van der Waals surface area contributed by atoms with Gasteiger partial charge in [-0.3, -0.25) is 0 Å². The van der Waals surface area contributed by atoms with Gasteiger partial charge in [0.15, 0.2) is 34.7 Å². The van der Waals surface area contributed by atoms with Crippen molar-refractivity contribution in [2.75, 3.05) is 0 Å². The first-order valence-corrected chi connectivity index (χ1v) is 5.17. The van der Waals surface area contributed by atoms with Crippen LogP contribution in [0.25, 0.3) is 11.1 Å². The van der Waals surface area contributed by atoms with Crippen molar-refractivity contribution in [1.82, 2.24) is 0 Å². The van der Waals surface area contributed by atoms with Crippen LogP contribution < -0.4 is 0 Å². The molecule has 0 radical (unpaired) electrons. The number of rotatable bonds is 1. The fraction of sp³-hybridized carbons (Fsp3) is 0. The Labute approximate surface area is 112 Å². The standard InChI is InChI=1S/C12H5F5O4/c13-3-1-2(9(18)12(21)10(3)19)4-5(14)6(15)7(16)8(17)11(4)20/h1,18-21H. The van der Waals surface area contributed by atoms with Crippen molar-refractivity contribution in [1.29, 1.82) is 0 Å². The van der Waals surface area contributed by atoms with Crippen LogP contribution in [-0.4, -0.2) is 20.4 Å². The maximum atomic E-state index is 13.6. The molecular formula is C12H5F5O4. The zero-order valence-corrected chi connectivity index (χ0v) is 9.76. The van der Waals surface area contributed by atoms with Gasteiger partial charge >= 0.3 is 0 Å². The number of phenolic OH excluding ortho intramolecular Hbond substituents is 4. The van der Waals surface area contributed by atoms with E-state index >= 15 is 0 Å². The van der Waals surface area contributed by atoms with Crippen LogP contribution in [0, 0.1) is 29.1 Å². The van der Waals surface area contributed by atoms with Crippen molar-refractivity contribution in [3.63, 3.8) is 0 Å². The van der Waals surface area contributed by atoms with Crippen molar-refractivity contribution in [2.45, 2.75) is 0 Å². The predicted molar refractivity (Wildman–Crippen MR) is 58.3 cm³/mol. The third-order valence-electron chi connectivity index (χ3n) is 2.71. The van der Waals surface area contributed by atoms with Crippen LogP contribution in [0.3, 0.4) is 0 Å². The molecule has 0 aromatic heterocycles. The summed E-state index contributed by atoms with van der Waals surface area (Å²) in [6.07, 6.45) is 0. The lowest BCUT2D eigenvalue weighted by atomic mass is 10.0. The van der Waals surface area contributed by atoms with Crippen LogP contribution in [0.15, 0.2) is 6.07 Å². The molecule has 0 aliphatic heterocycles. The minimum absolute atomic E-state index is 0.194. The third-order valence-corrected chi connectivity index (χ3v) is 2.71. The minimum atomic E-state index is -2.31. The smallest absolute Gasteiger partial charge is 0.204 e. The summed E-state index contributed by atoms with van der Waals surface area (Å²) >= 11 is 0. The highest BCUT2D eigenvalue weighted by atomic mass is 19.2. The molecule has 0 aliphatic carbocycles. The predicted octanol–water partition coefficient (Wildman–Crippen LogP) is 2.87. The van der Waals surface area contributed by atoms with Crippen LogP contribution in [0.4, 0.5) is 22.0 Å². The molecule has 0 saturated carbocycles. The van der Waals surface area contributed by atoms with Gasteiger partial charge in [-0.2, -0.15) is 4.39 Å². The molecular weight excluding hydrogens is 303 g/mol. The average molecular weight is 308 g/mol. The van der Waals surface area contributed by atoms with E-state index in [1.807, 2.05) is 0 Å². The normalized spacial score (nSPS) is 10.9. The van der Waals surface area contributed by atoms with Gasteiger partial charge in [0.25, 0.3) is 0 Å². The summed E-state index contributed by atoms with van der Waals surface area (Å²) in [6.45, 7) is 0. The van der Waals surface area contributed by atoms with Gasteiger partial charge in [-0.15, -0.1) is 0 Å². The lowest BCUT2D eigenvalue weighted by Crippen LogP contribution is -2.00. The summed E-state index contributed by atoms with van der Waals surface area (Å²) in [6, 6.07) is 0.194. The maximum absolute atomic E-state index is 13.6. The van der Waals surface area contributed by atoms with Crippen LogP contribution in [0.1, 0.15) is 0 Å². The van der Waals surface area contributed by atoms with E-state index in [2.05, 4.69) is 0 Å². The number of hydrogen-bond donors (Lipinski definition) is 4. The van der Waals surface area contributed by atoms with Crippen molar-refractivity contribution in [3.8, 4) is 34.1 Å². The van der Waals surface area contributed by atoms with Crippen LogP contribution in [-0.2, 0) is 0 Å². The molecule has 0 amide bonds. The Bertz CT molecular complexity index is 731. The number of benzene rings is 2. The Morgan fingerprint density at radius 1 is 0.571 bits per heavy atom. The molecule has 0 heterocycles. The van der Waals surface area contributed by atoms with Gasteiger partial charge in [-0.05, 0) is 6.07 Å². The molecule has 0 saturated heterocycles. The van der Waals surface area contributed by atoms with E-state index in [-0.39, 0.29) is 6.07 Å². The number of phenols is 4. The van der Waals surface area contributed by atoms with E-state index in [1.54, 1.807) is 0 Å². The van der Waals surface area contributed by atoms with Crippen LogP contribution in [0.2, 0.25) is 0 Å². The van der Waals surface area contributed by atoms with Crippen molar-refractivity contribution in [2.24, 2.45) is 0 Å². The summed E-state index contributed by atoms with van der Waals surface area (Å²) in [7, 11) is 0. The summed E-state index contributed by atoms with van der Waals surface area (Å²) < 4.78 is 66.1. The Morgan fingerprint density at radius 2 is 1.10 bits per heavy atom. The molecule has 0 fully saturated rings. The molecule has 2 aromatic carbocycles.